The van der Waals surface area contributed by atoms with Crippen LogP contribution in [0.2, 0.25) is 0 Å². The number of sulfonamides is 1. The second-order valence-electron chi connectivity index (χ2n) is 7.13. The number of rotatable bonds is 6. The molecule has 0 bridgehead atoms. The van der Waals surface area contributed by atoms with E-state index in [2.05, 4.69) is 20.0 Å². The van der Waals surface area contributed by atoms with Crippen LogP contribution < -0.4 is 9.46 Å². The summed E-state index contributed by atoms with van der Waals surface area (Å²) in [5.74, 6) is 1.40. The molecule has 2 aromatic heterocycles. The van der Waals surface area contributed by atoms with Gasteiger partial charge in [-0.05, 0) is 68.8 Å². The summed E-state index contributed by atoms with van der Waals surface area (Å²) in [7, 11) is -3.68. The molecule has 2 aromatic carbocycles. The molecule has 4 aromatic rings. The summed E-state index contributed by atoms with van der Waals surface area (Å²) < 4.78 is 35.3. The molecular formula is C22H21N5O3S. The highest BCUT2D eigenvalue weighted by Gasteiger charge is 2.17. The summed E-state index contributed by atoms with van der Waals surface area (Å²) in [4.78, 5) is 0.251. The average molecular weight is 436 g/mol. The van der Waals surface area contributed by atoms with E-state index in [0.29, 0.717) is 28.7 Å². The van der Waals surface area contributed by atoms with E-state index in [1.807, 2.05) is 26.0 Å². The van der Waals surface area contributed by atoms with Crippen LogP contribution in [-0.2, 0) is 10.0 Å². The molecule has 0 radical (unpaired) electrons. The first-order valence-electron chi connectivity index (χ1n) is 9.54. The highest BCUT2D eigenvalue weighted by Crippen LogP contribution is 2.24. The van der Waals surface area contributed by atoms with Crippen molar-refractivity contribution in [2.24, 2.45) is 0 Å². The van der Waals surface area contributed by atoms with Crippen LogP contribution in [0.15, 0.2) is 71.8 Å². The zero-order chi connectivity index (χ0) is 22.0. The Morgan fingerprint density at radius 1 is 0.903 bits per heavy atom. The molecule has 0 amide bonds. The lowest BCUT2D eigenvalue weighted by molar-refractivity contribution is 0.454. The molecule has 0 saturated carbocycles. The Labute approximate surface area is 180 Å². The number of nitrogens with zero attached hydrogens (tertiary/aromatic N) is 4. The fourth-order valence-corrected chi connectivity index (χ4v) is 4.34. The van der Waals surface area contributed by atoms with Gasteiger partial charge in [0.05, 0.1) is 10.6 Å². The van der Waals surface area contributed by atoms with Crippen LogP contribution in [0.25, 0.3) is 5.82 Å². The zero-order valence-corrected chi connectivity index (χ0v) is 18.1. The topological polar surface area (TPSA) is 99.0 Å². The number of ether oxygens (including phenoxy) is 1. The second kappa shape index (κ2) is 8.19. The lowest BCUT2D eigenvalue weighted by Gasteiger charge is -2.11. The van der Waals surface area contributed by atoms with Gasteiger partial charge in [-0.15, -0.1) is 10.2 Å². The van der Waals surface area contributed by atoms with Gasteiger partial charge in [0.2, 0.25) is 5.88 Å². The van der Waals surface area contributed by atoms with Crippen LogP contribution >= 0.6 is 0 Å². The van der Waals surface area contributed by atoms with Crippen molar-refractivity contribution in [2.45, 2.75) is 25.7 Å². The standard InChI is InChI=1S/C22H21N5O3S/c1-15-4-9-20(16(2)14-15)31(28,29)26-18-5-7-19(8-6-18)30-22-11-10-21(23-24-22)27-13-12-17(3)25-27/h4-14,26H,1-3H3. The van der Waals surface area contributed by atoms with E-state index < -0.39 is 10.0 Å². The van der Waals surface area contributed by atoms with Crippen LogP contribution in [0.4, 0.5) is 5.69 Å². The Hall–Kier alpha value is -3.72. The molecule has 0 unspecified atom stereocenters. The van der Waals surface area contributed by atoms with Crippen LogP contribution in [0.5, 0.6) is 11.6 Å². The summed E-state index contributed by atoms with van der Waals surface area (Å²) in [6.45, 7) is 5.59. The smallest absolute Gasteiger partial charge is 0.262 e. The van der Waals surface area contributed by atoms with Gasteiger partial charge in [-0.2, -0.15) is 5.10 Å². The van der Waals surface area contributed by atoms with Crippen molar-refractivity contribution in [1.29, 1.82) is 0 Å². The molecule has 8 nitrogen and oxygen atoms in total. The van der Waals surface area contributed by atoms with Crippen molar-refractivity contribution in [1.82, 2.24) is 20.0 Å². The summed E-state index contributed by atoms with van der Waals surface area (Å²) in [6.07, 6.45) is 1.80. The van der Waals surface area contributed by atoms with Crippen LogP contribution in [0.1, 0.15) is 16.8 Å². The zero-order valence-electron chi connectivity index (χ0n) is 17.3. The van der Waals surface area contributed by atoms with Crippen molar-refractivity contribution >= 4 is 15.7 Å². The normalized spacial score (nSPS) is 11.3. The summed E-state index contributed by atoms with van der Waals surface area (Å²) in [5.41, 5.74) is 3.02. The number of anilines is 1. The molecule has 0 saturated heterocycles. The van der Waals surface area contributed by atoms with Crippen LogP contribution in [0.3, 0.4) is 0 Å². The van der Waals surface area contributed by atoms with E-state index in [9.17, 15) is 8.42 Å². The van der Waals surface area contributed by atoms with Gasteiger partial charge in [-0.1, -0.05) is 17.7 Å². The third-order valence-corrected chi connectivity index (χ3v) is 6.07. The molecular weight excluding hydrogens is 414 g/mol. The van der Waals surface area contributed by atoms with Gasteiger partial charge in [0.1, 0.15) is 5.75 Å². The highest BCUT2D eigenvalue weighted by molar-refractivity contribution is 7.92. The van der Waals surface area contributed by atoms with E-state index in [0.717, 1.165) is 11.3 Å². The molecule has 0 aliphatic heterocycles. The summed E-state index contributed by atoms with van der Waals surface area (Å²) in [5, 5.41) is 12.4. The number of aryl methyl sites for hydroxylation is 3. The average Bonchev–Trinajstić information content (AvgIpc) is 3.16. The Bertz CT molecular complexity index is 1310. The molecule has 0 aliphatic rings. The van der Waals surface area contributed by atoms with E-state index >= 15 is 0 Å². The molecule has 0 spiro atoms. The van der Waals surface area contributed by atoms with Gasteiger partial charge in [0, 0.05) is 18.0 Å². The molecule has 31 heavy (non-hydrogen) atoms. The maximum absolute atomic E-state index is 12.7. The van der Waals surface area contributed by atoms with Crippen LogP contribution in [-0.4, -0.2) is 28.4 Å². The predicted molar refractivity (Wildman–Crippen MR) is 117 cm³/mol. The Kier molecular flexibility index (Phi) is 5.43. The SMILES string of the molecule is Cc1ccc(S(=O)(=O)Nc2ccc(Oc3ccc(-n4ccc(C)n4)nn3)cc2)c(C)c1. The first-order chi connectivity index (χ1) is 14.8. The molecule has 1 N–H and O–H groups in total. The fourth-order valence-electron chi connectivity index (χ4n) is 3.06. The van der Waals surface area contributed by atoms with E-state index in [1.165, 1.54) is 0 Å². The Balaban J connectivity index is 1.44. The molecule has 0 fully saturated rings. The summed E-state index contributed by atoms with van der Waals surface area (Å²) >= 11 is 0. The van der Waals surface area contributed by atoms with E-state index in [1.54, 1.807) is 66.3 Å². The lowest BCUT2D eigenvalue weighted by Crippen LogP contribution is -2.14. The van der Waals surface area contributed by atoms with Gasteiger partial charge >= 0.3 is 0 Å². The van der Waals surface area contributed by atoms with Crippen molar-refractivity contribution in [3.05, 3.63) is 83.7 Å². The van der Waals surface area contributed by atoms with Crippen molar-refractivity contribution in [3.63, 3.8) is 0 Å². The Morgan fingerprint density at radius 3 is 2.29 bits per heavy atom. The molecule has 158 valence electrons. The largest absolute Gasteiger partial charge is 0.438 e. The third-order valence-electron chi connectivity index (χ3n) is 4.53. The minimum absolute atomic E-state index is 0.251. The highest BCUT2D eigenvalue weighted by atomic mass is 32.2. The first-order valence-corrected chi connectivity index (χ1v) is 11.0. The second-order valence-corrected chi connectivity index (χ2v) is 8.78. The van der Waals surface area contributed by atoms with Crippen molar-refractivity contribution < 1.29 is 13.2 Å². The van der Waals surface area contributed by atoms with Gasteiger partial charge in [0.15, 0.2) is 5.82 Å². The molecule has 4 rings (SSSR count). The van der Waals surface area contributed by atoms with E-state index in [4.69, 9.17) is 4.74 Å². The predicted octanol–water partition coefficient (Wildman–Crippen LogP) is 4.18. The fraction of sp³-hybridized carbons (Fsp3) is 0.136. The first kappa shape index (κ1) is 20.5. The van der Waals surface area contributed by atoms with E-state index in [-0.39, 0.29) is 4.90 Å². The quantitative estimate of drug-likeness (QED) is 0.488. The third kappa shape index (κ3) is 4.72. The van der Waals surface area contributed by atoms with Gasteiger partial charge < -0.3 is 4.74 Å². The molecule has 0 atom stereocenters. The number of hydrogen-bond donors (Lipinski definition) is 1. The van der Waals surface area contributed by atoms with Gasteiger partial charge in [-0.25, -0.2) is 13.1 Å². The minimum Gasteiger partial charge on any atom is -0.438 e. The minimum atomic E-state index is -3.68. The van der Waals surface area contributed by atoms with Gasteiger partial charge in [-0.3, -0.25) is 4.72 Å². The maximum Gasteiger partial charge on any atom is 0.262 e. The molecule has 9 heteroatoms. The monoisotopic (exact) mass is 435 g/mol. The van der Waals surface area contributed by atoms with Crippen molar-refractivity contribution in [2.75, 3.05) is 4.72 Å². The Morgan fingerprint density at radius 2 is 1.68 bits per heavy atom. The maximum atomic E-state index is 12.7. The number of benzene rings is 2. The van der Waals surface area contributed by atoms with Crippen LogP contribution in [0, 0.1) is 20.8 Å². The number of aromatic nitrogens is 4. The molecule has 2 heterocycles. The van der Waals surface area contributed by atoms with Crippen molar-refractivity contribution in [3.8, 4) is 17.4 Å². The van der Waals surface area contributed by atoms with Gasteiger partial charge in [0.25, 0.3) is 10.0 Å². The summed E-state index contributed by atoms with van der Waals surface area (Å²) in [6, 6.07) is 17.1. The lowest BCUT2D eigenvalue weighted by atomic mass is 10.2. The number of hydrogen-bond acceptors (Lipinski definition) is 6. The number of nitrogens with one attached hydrogen (secondary N) is 1. The molecule has 0 aliphatic carbocycles.